The van der Waals surface area contributed by atoms with Gasteiger partial charge in [0.2, 0.25) is 0 Å². The van der Waals surface area contributed by atoms with Gasteiger partial charge in [-0.3, -0.25) is 0 Å². The molecule has 0 saturated heterocycles. The summed E-state index contributed by atoms with van der Waals surface area (Å²) in [4.78, 5) is 0. The predicted octanol–water partition coefficient (Wildman–Crippen LogP) is 5.72. The molecule has 1 aromatic carbocycles. The van der Waals surface area contributed by atoms with Crippen molar-refractivity contribution in [1.29, 1.82) is 0 Å². The number of hydrogen-bond donors (Lipinski definition) is 1. The predicted molar refractivity (Wildman–Crippen MR) is 90.0 cm³/mol. The zero-order valence-electron chi connectivity index (χ0n) is 13.7. The molecule has 0 amide bonds. The average molecular weight is 275 g/mol. The molecule has 0 aliphatic heterocycles. The van der Waals surface area contributed by atoms with Gasteiger partial charge in [-0.2, -0.15) is 0 Å². The average Bonchev–Trinajstić information content (AvgIpc) is 2.51. The van der Waals surface area contributed by atoms with E-state index in [-0.39, 0.29) is 0 Å². The molecule has 1 rings (SSSR count). The lowest BCUT2D eigenvalue weighted by molar-refractivity contribution is 0.371. The van der Waals surface area contributed by atoms with Gasteiger partial charge in [0.1, 0.15) is 0 Å². The van der Waals surface area contributed by atoms with E-state index in [1.165, 1.54) is 50.5 Å². The van der Waals surface area contributed by atoms with Gasteiger partial charge in [0.05, 0.1) is 0 Å². The van der Waals surface area contributed by atoms with Crippen molar-refractivity contribution >= 4 is 0 Å². The minimum absolute atomic E-state index is 0.534. The minimum atomic E-state index is 0.534. The number of nitrogens with one attached hydrogen (secondary N) is 1. The standard InChI is InChI=1S/C19H33N/c1-4-7-11-17(6-3)14-15-19(20-16-5-2)18-12-9-8-10-13-18/h8-10,12-13,17,19-20H,4-7,11,14-16H2,1-3H3. The first-order valence-corrected chi connectivity index (χ1v) is 8.60. The number of hydrogen-bond acceptors (Lipinski definition) is 1. The zero-order chi connectivity index (χ0) is 14.6. The Morgan fingerprint density at radius 2 is 1.65 bits per heavy atom. The van der Waals surface area contributed by atoms with Crippen molar-refractivity contribution in [2.24, 2.45) is 5.92 Å². The molecule has 1 nitrogen and oxygen atoms in total. The van der Waals surface area contributed by atoms with E-state index in [1.807, 2.05) is 0 Å². The van der Waals surface area contributed by atoms with Crippen LogP contribution < -0.4 is 5.32 Å². The molecular formula is C19H33N. The third kappa shape index (κ3) is 6.56. The first-order chi connectivity index (χ1) is 9.81. The van der Waals surface area contributed by atoms with Gasteiger partial charge < -0.3 is 5.32 Å². The monoisotopic (exact) mass is 275 g/mol. The summed E-state index contributed by atoms with van der Waals surface area (Å²) in [5, 5.41) is 3.72. The highest BCUT2D eigenvalue weighted by Crippen LogP contribution is 2.25. The van der Waals surface area contributed by atoms with Gasteiger partial charge >= 0.3 is 0 Å². The molecule has 0 spiro atoms. The fourth-order valence-corrected chi connectivity index (χ4v) is 2.84. The normalized spacial score (nSPS) is 14.2. The van der Waals surface area contributed by atoms with Crippen molar-refractivity contribution in [1.82, 2.24) is 5.32 Å². The van der Waals surface area contributed by atoms with E-state index in [2.05, 4.69) is 56.4 Å². The number of unbranched alkanes of at least 4 members (excludes halogenated alkanes) is 1. The largest absolute Gasteiger partial charge is 0.310 e. The Balaban J connectivity index is 2.51. The molecule has 1 N–H and O–H groups in total. The van der Waals surface area contributed by atoms with E-state index in [1.54, 1.807) is 0 Å². The van der Waals surface area contributed by atoms with E-state index in [4.69, 9.17) is 0 Å². The summed E-state index contributed by atoms with van der Waals surface area (Å²) in [6.07, 6.45) is 9.27. The van der Waals surface area contributed by atoms with Crippen LogP contribution in [-0.2, 0) is 0 Å². The van der Waals surface area contributed by atoms with Crippen LogP contribution in [0.5, 0.6) is 0 Å². The minimum Gasteiger partial charge on any atom is -0.310 e. The van der Waals surface area contributed by atoms with Crippen LogP contribution in [-0.4, -0.2) is 6.54 Å². The molecule has 2 atom stereocenters. The fourth-order valence-electron chi connectivity index (χ4n) is 2.84. The third-order valence-electron chi connectivity index (χ3n) is 4.25. The first kappa shape index (κ1) is 17.2. The first-order valence-electron chi connectivity index (χ1n) is 8.60. The van der Waals surface area contributed by atoms with E-state index in [0.29, 0.717) is 6.04 Å². The SMILES string of the molecule is CCCCC(CC)CCC(NCCC)c1ccccc1. The van der Waals surface area contributed by atoms with Crippen molar-refractivity contribution in [2.45, 2.75) is 71.8 Å². The Kier molecular flexibility index (Phi) is 9.40. The molecule has 114 valence electrons. The van der Waals surface area contributed by atoms with Gasteiger partial charge in [0.25, 0.3) is 0 Å². The second-order valence-corrected chi connectivity index (χ2v) is 5.91. The Morgan fingerprint density at radius 1 is 0.900 bits per heavy atom. The zero-order valence-corrected chi connectivity index (χ0v) is 13.7. The molecule has 0 aromatic heterocycles. The van der Waals surface area contributed by atoms with Crippen LogP contribution in [0.1, 0.15) is 77.3 Å². The van der Waals surface area contributed by atoms with Gasteiger partial charge in [0, 0.05) is 6.04 Å². The maximum Gasteiger partial charge on any atom is 0.0320 e. The maximum atomic E-state index is 3.72. The van der Waals surface area contributed by atoms with Crippen LogP contribution in [0.4, 0.5) is 0 Å². The Labute approximate surface area is 126 Å². The number of rotatable bonds is 11. The smallest absolute Gasteiger partial charge is 0.0320 e. The van der Waals surface area contributed by atoms with Gasteiger partial charge in [-0.05, 0) is 37.3 Å². The van der Waals surface area contributed by atoms with Crippen molar-refractivity contribution in [3.8, 4) is 0 Å². The van der Waals surface area contributed by atoms with Crippen molar-refractivity contribution in [3.63, 3.8) is 0 Å². The van der Waals surface area contributed by atoms with Gasteiger partial charge in [-0.25, -0.2) is 0 Å². The molecular weight excluding hydrogens is 242 g/mol. The second-order valence-electron chi connectivity index (χ2n) is 5.91. The van der Waals surface area contributed by atoms with Gasteiger partial charge in [-0.15, -0.1) is 0 Å². The lowest BCUT2D eigenvalue weighted by Crippen LogP contribution is -2.22. The van der Waals surface area contributed by atoms with Gasteiger partial charge in [-0.1, -0.05) is 76.8 Å². The summed E-state index contributed by atoms with van der Waals surface area (Å²) in [6.45, 7) is 8.00. The lowest BCUT2D eigenvalue weighted by atomic mass is 9.90. The quantitative estimate of drug-likeness (QED) is 0.544. The molecule has 0 saturated carbocycles. The summed E-state index contributed by atoms with van der Waals surface area (Å²) < 4.78 is 0. The Bertz CT molecular complexity index is 320. The van der Waals surface area contributed by atoms with Crippen molar-refractivity contribution < 1.29 is 0 Å². The van der Waals surface area contributed by atoms with Crippen molar-refractivity contribution in [2.75, 3.05) is 6.54 Å². The molecule has 0 aliphatic rings. The summed E-state index contributed by atoms with van der Waals surface area (Å²) in [7, 11) is 0. The maximum absolute atomic E-state index is 3.72. The summed E-state index contributed by atoms with van der Waals surface area (Å²) in [6, 6.07) is 11.5. The van der Waals surface area contributed by atoms with E-state index >= 15 is 0 Å². The molecule has 1 aromatic rings. The van der Waals surface area contributed by atoms with Crippen LogP contribution in [0.2, 0.25) is 0 Å². The highest BCUT2D eigenvalue weighted by atomic mass is 14.9. The summed E-state index contributed by atoms with van der Waals surface area (Å²) >= 11 is 0. The van der Waals surface area contributed by atoms with E-state index < -0.39 is 0 Å². The molecule has 1 heteroatoms. The highest BCUT2D eigenvalue weighted by molar-refractivity contribution is 5.18. The highest BCUT2D eigenvalue weighted by Gasteiger charge is 2.13. The third-order valence-corrected chi connectivity index (χ3v) is 4.25. The molecule has 2 unspecified atom stereocenters. The van der Waals surface area contributed by atoms with Crippen LogP contribution in [0.25, 0.3) is 0 Å². The van der Waals surface area contributed by atoms with E-state index in [0.717, 1.165) is 12.5 Å². The van der Waals surface area contributed by atoms with Crippen molar-refractivity contribution in [3.05, 3.63) is 35.9 Å². The topological polar surface area (TPSA) is 12.0 Å². The molecule has 0 bridgehead atoms. The second kappa shape index (κ2) is 10.9. The van der Waals surface area contributed by atoms with Gasteiger partial charge in [0.15, 0.2) is 0 Å². The fraction of sp³-hybridized carbons (Fsp3) is 0.684. The molecule has 0 radical (unpaired) electrons. The Morgan fingerprint density at radius 3 is 2.25 bits per heavy atom. The van der Waals surface area contributed by atoms with E-state index in [9.17, 15) is 0 Å². The Hall–Kier alpha value is -0.820. The summed E-state index contributed by atoms with van der Waals surface area (Å²) in [5.74, 6) is 0.907. The lowest BCUT2D eigenvalue weighted by Gasteiger charge is -2.22. The van der Waals surface area contributed by atoms with Crippen LogP contribution in [0.15, 0.2) is 30.3 Å². The molecule has 0 aliphatic carbocycles. The van der Waals surface area contributed by atoms with Crippen LogP contribution in [0.3, 0.4) is 0 Å². The molecule has 20 heavy (non-hydrogen) atoms. The summed E-state index contributed by atoms with van der Waals surface area (Å²) in [5.41, 5.74) is 1.45. The molecule has 0 fully saturated rings. The van der Waals surface area contributed by atoms with Crippen LogP contribution >= 0.6 is 0 Å². The number of benzene rings is 1. The van der Waals surface area contributed by atoms with Crippen LogP contribution in [0, 0.1) is 5.92 Å². The molecule has 0 heterocycles.